The number of rotatable bonds is 6. The Labute approximate surface area is 149 Å². The number of carbonyl (C=O) groups is 1. The van der Waals surface area contributed by atoms with Crippen LogP contribution in [0.2, 0.25) is 0 Å². The van der Waals surface area contributed by atoms with Gasteiger partial charge < -0.3 is 15.6 Å². The van der Waals surface area contributed by atoms with Gasteiger partial charge in [-0.2, -0.15) is 17.6 Å². The standard InChI is InChI=1S/C16H16N4O5S/c17-16(22)25-13(10-21)7-12-6-11-8-19-20(15(11)9-18-12)26(23,24)14-4-2-1-3-5-14/h1-6,8-9,13,21H,7,10H2,(H2,17,22)/t13-/m0/s1. The lowest BCUT2D eigenvalue weighted by Gasteiger charge is -2.13. The van der Waals surface area contributed by atoms with Gasteiger partial charge in [-0.25, -0.2) is 4.79 Å². The van der Waals surface area contributed by atoms with Gasteiger partial charge in [0.25, 0.3) is 10.0 Å². The number of hydrogen-bond acceptors (Lipinski definition) is 7. The van der Waals surface area contributed by atoms with Crippen molar-refractivity contribution in [3.63, 3.8) is 0 Å². The fourth-order valence-electron chi connectivity index (χ4n) is 2.49. The van der Waals surface area contributed by atoms with Crippen molar-refractivity contribution in [2.24, 2.45) is 5.73 Å². The highest BCUT2D eigenvalue weighted by molar-refractivity contribution is 7.90. The minimum Gasteiger partial charge on any atom is -0.444 e. The predicted molar refractivity (Wildman–Crippen MR) is 91.8 cm³/mol. The number of pyridine rings is 1. The molecule has 3 rings (SSSR count). The zero-order chi connectivity index (χ0) is 18.7. The maximum atomic E-state index is 12.7. The van der Waals surface area contributed by atoms with Crippen molar-refractivity contribution >= 4 is 27.0 Å². The van der Waals surface area contributed by atoms with Crippen LogP contribution < -0.4 is 5.73 Å². The highest BCUT2D eigenvalue weighted by atomic mass is 32.2. The third-order valence-electron chi connectivity index (χ3n) is 3.67. The van der Waals surface area contributed by atoms with Gasteiger partial charge in [-0.3, -0.25) is 4.98 Å². The van der Waals surface area contributed by atoms with E-state index in [2.05, 4.69) is 10.1 Å². The molecular weight excluding hydrogens is 360 g/mol. The Bertz CT molecular complexity index is 1030. The summed E-state index contributed by atoms with van der Waals surface area (Å²) in [6.45, 7) is -0.412. The van der Waals surface area contributed by atoms with Crippen molar-refractivity contribution in [3.8, 4) is 0 Å². The predicted octanol–water partition coefficient (Wildman–Crippen LogP) is 0.667. The third kappa shape index (κ3) is 3.51. The first kappa shape index (κ1) is 17.8. The van der Waals surface area contributed by atoms with E-state index >= 15 is 0 Å². The molecule has 2 aromatic heterocycles. The summed E-state index contributed by atoms with van der Waals surface area (Å²) in [4.78, 5) is 15.1. The average molecular weight is 376 g/mol. The number of benzene rings is 1. The summed E-state index contributed by atoms with van der Waals surface area (Å²) in [5.41, 5.74) is 5.76. The van der Waals surface area contributed by atoms with Gasteiger partial charge in [-0.1, -0.05) is 18.2 Å². The molecular formula is C16H16N4O5S. The van der Waals surface area contributed by atoms with Crippen molar-refractivity contribution in [1.82, 2.24) is 14.2 Å². The first-order valence-corrected chi connectivity index (χ1v) is 9.06. The molecule has 3 N–H and O–H groups in total. The Morgan fingerprint density at radius 3 is 2.65 bits per heavy atom. The van der Waals surface area contributed by atoms with Gasteiger partial charge in [0.2, 0.25) is 0 Å². The van der Waals surface area contributed by atoms with E-state index in [0.717, 1.165) is 4.09 Å². The number of primary amides is 1. The van der Waals surface area contributed by atoms with Crippen LogP contribution in [0.3, 0.4) is 0 Å². The van der Waals surface area contributed by atoms with E-state index in [9.17, 15) is 18.3 Å². The molecule has 0 bridgehead atoms. The minimum absolute atomic E-state index is 0.115. The van der Waals surface area contributed by atoms with E-state index < -0.39 is 28.8 Å². The largest absolute Gasteiger partial charge is 0.444 e. The Morgan fingerprint density at radius 2 is 2.00 bits per heavy atom. The van der Waals surface area contributed by atoms with Crippen LogP contribution in [0.15, 0.2) is 53.7 Å². The Hall–Kier alpha value is -2.98. The molecule has 0 fully saturated rings. The molecule has 0 aliphatic heterocycles. The Balaban J connectivity index is 1.94. The summed E-state index contributed by atoms with van der Waals surface area (Å²) in [5.74, 6) is 0. The van der Waals surface area contributed by atoms with Crippen LogP contribution in [0, 0.1) is 0 Å². The quantitative estimate of drug-likeness (QED) is 0.645. The molecule has 0 unspecified atom stereocenters. The number of aliphatic hydroxyl groups excluding tert-OH is 1. The molecule has 26 heavy (non-hydrogen) atoms. The normalized spacial score (nSPS) is 12.8. The fraction of sp³-hybridized carbons (Fsp3) is 0.188. The summed E-state index contributed by atoms with van der Waals surface area (Å²) < 4.78 is 31.1. The first-order chi connectivity index (χ1) is 12.4. The minimum atomic E-state index is -3.84. The van der Waals surface area contributed by atoms with Crippen LogP contribution in [0.25, 0.3) is 10.9 Å². The molecule has 10 heteroatoms. The monoisotopic (exact) mass is 376 g/mol. The molecule has 0 aliphatic rings. The molecule has 1 aromatic carbocycles. The van der Waals surface area contributed by atoms with E-state index in [1.54, 1.807) is 24.3 Å². The highest BCUT2D eigenvalue weighted by Crippen LogP contribution is 2.20. The van der Waals surface area contributed by atoms with Crippen molar-refractivity contribution < 1.29 is 23.1 Å². The van der Waals surface area contributed by atoms with Crippen LogP contribution in [0.5, 0.6) is 0 Å². The lowest BCUT2D eigenvalue weighted by molar-refractivity contribution is 0.0634. The van der Waals surface area contributed by atoms with Gasteiger partial charge in [-0.05, 0) is 18.2 Å². The second kappa shape index (κ2) is 7.10. The summed E-state index contributed by atoms with van der Waals surface area (Å²) in [6, 6.07) is 9.56. The summed E-state index contributed by atoms with van der Waals surface area (Å²) in [5, 5.41) is 13.7. The van der Waals surface area contributed by atoms with Gasteiger partial charge in [0.05, 0.1) is 23.9 Å². The average Bonchev–Trinajstić information content (AvgIpc) is 3.05. The molecule has 0 saturated heterocycles. The van der Waals surface area contributed by atoms with Crippen LogP contribution >= 0.6 is 0 Å². The number of nitrogens with two attached hydrogens (primary N) is 1. The molecule has 9 nitrogen and oxygen atoms in total. The van der Waals surface area contributed by atoms with Gasteiger partial charge in [0, 0.05) is 17.5 Å². The number of aromatic nitrogens is 3. The zero-order valence-corrected chi connectivity index (χ0v) is 14.3. The summed E-state index contributed by atoms with van der Waals surface area (Å²) in [6.07, 6.45) is 1.08. The second-order valence-corrected chi connectivity index (χ2v) is 7.25. The van der Waals surface area contributed by atoms with Crippen LogP contribution in [-0.2, 0) is 21.2 Å². The Kier molecular flexibility index (Phi) is 4.87. The Morgan fingerprint density at radius 1 is 1.27 bits per heavy atom. The van der Waals surface area contributed by atoms with E-state index in [1.165, 1.54) is 24.5 Å². The van der Waals surface area contributed by atoms with Gasteiger partial charge in [-0.15, -0.1) is 0 Å². The SMILES string of the molecule is NC(=O)O[C@H](CO)Cc1cc2cnn(S(=O)(=O)c3ccccc3)c2cn1. The van der Waals surface area contributed by atoms with E-state index in [0.29, 0.717) is 16.6 Å². The fourth-order valence-corrected chi connectivity index (χ4v) is 3.77. The summed E-state index contributed by atoms with van der Waals surface area (Å²) >= 11 is 0. The van der Waals surface area contributed by atoms with Crippen molar-refractivity contribution in [3.05, 3.63) is 54.5 Å². The molecule has 2 heterocycles. The van der Waals surface area contributed by atoms with Gasteiger partial charge in [0.15, 0.2) is 0 Å². The maximum Gasteiger partial charge on any atom is 0.404 e. The molecule has 0 radical (unpaired) electrons. The molecule has 0 spiro atoms. The van der Waals surface area contributed by atoms with Gasteiger partial charge >= 0.3 is 6.09 Å². The van der Waals surface area contributed by atoms with E-state index in [1.807, 2.05) is 0 Å². The molecule has 3 aromatic rings. The molecule has 136 valence electrons. The molecule has 1 atom stereocenters. The summed E-state index contributed by atoms with van der Waals surface area (Å²) in [7, 11) is -3.84. The van der Waals surface area contributed by atoms with Crippen LogP contribution in [0.4, 0.5) is 4.79 Å². The number of ether oxygens (including phenoxy) is 1. The molecule has 1 amide bonds. The van der Waals surface area contributed by atoms with E-state index in [-0.39, 0.29) is 11.3 Å². The zero-order valence-electron chi connectivity index (χ0n) is 13.5. The number of aliphatic hydroxyl groups is 1. The first-order valence-electron chi connectivity index (χ1n) is 7.62. The number of nitrogens with zero attached hydrogens (tertiary/aromatic N) is 3. The van der Waals surface area contributed by atoms with Crippen molar-refractivity contribution in [2.75, 3.05) is 6.61 Å². The maximum absolute atomic E-state index is 12.7. The van der Waals surface area contributed by atoms with Crippen LogP contribution in [-0.4, -0.2) is 46.5 Å². The topological polar surface area (TPSA) is 137 Å². The number of carbonyl (C=O) groups excluding carboxylic acids is 1. The molecule has 0 aliphatic carbocycles. The van der Waals surface area contributed by atoms with E-state index in [4.69, 9.17) is 10.5 Å². The van der Waals surface area contributed by atoms with Crippen molar-refractivity contribution in [2.45, 2.75) is 17.4 Å². The third-order valence-corrected chi connectivity index (χ3v) is 5.28. The molecule has 0 saturated carbocycles. The smallest absolute Gasteiger partial charge is 0.404 e. The van der Waals surface area contributed by atoms with Gasteiger partial charge in [0.1, 0.15) is 11.6 Å². The lowest BCUT2D eigenvalue weighted by atomic mass is 10.1. The van der Waals surface area contributed by atoms with Crippen molar-refractivity contribution in [1.29, 1.82) is 0 Å². The second-order valence-electron chi connectivity index (χ2n) is 5.49. The number of hydrogen-bond donors (Lipinski definition) is 2. The highest BCUT2D eigenvalue weighted by Gasteiger charge is 2.21. The number of fused-ring (bicyclic) bond motifs is 1. The van der Waals surface area contributed by atoms with Crippen LogP contribution in [0.1, 0.15) is 5.69 Å². The lowest BCUT2D eigenvalue weighted by Crippen LogP contribution is -2.27. The number of amides is 1.